The highest BCUT2D eigenvalue weighted by Crippen LogP contribution is 2.42. The molecule has 3 rings (SSSR count). The second-order valence-corrected chi connectivity index (χ2v) is 7.88. The molecule has 2 heteroatoms. The minimum atomic E-state index is 0.290. The molecule has 116 valence electrons. The van der Waals surface area contributed by atoms with Crippen molar-refractivity contribution in [2.24, 2.45) is 11.3 Å². The topological polar surface area (TPSA) is 21.3 Å². The number of fused-ring (bicyclic) bond motifs is 1. The Bertz CT molecular complexity index is 496. The van der Waals surface area contributed by atoms with Crippen molar-refractivity contribution in [3.05, 3.63) is 35.4 Å². The molecule has 0 radical (unpaired) electrons. The Kier molecular flexibility index (Phi) is 4.11. The molecule has 1 N–H and O–H groups in total. The van der Waals surface area contributed by atoms with E-state index in [2.05, 4.69) is 57.4 Å². The number of ether oxygens (including phenoxy) is 1. The predicted molar refractivity (Wildman–Crippen MR) is 87.4 cm³/mol. The van der Waals surface area contributed by atoms with Crippen LogP contribution in [0.25, 0.3) is 0 Å². The Morgan fingerprint density at radius 3 is 2.67 bits per heavy atom. The number of likely N-dealkylation sites (N-methyl/N-ethyl adjacent to an activating group) is 1. The molecule has 0 heterocycles. The zero-order valence-electron chi connectivity index (χ0n) is 13.9. The maximum absolute atomic E-state index is 6.58. The first-order valence-electron chi connectivity index (χ1n) is 8.39. The van der Waals surface area contributed by atoms with Gasteiger partial charge in [-0.05, 0) is 48.8 Å². The lowest BCUT2D eigenvalue weighted by molar-refractivity contribution is -0.0728. The fraction of sp³-hybridized carbons (Fsp3) is 0.684. The van der Waals surface area contributed by atoms with Gasteiger partial charge in [-0.1, -0.05) is 45.0 Å². The first kappa shape index (κ1) is 15.1. The zero-order chi connectivity index (χ0) is 15.0. The molecule has 2 aliphatic rings. The third-order valence-corrected chi connectivity index (χ3v) is 5.21. The molecule has 2 aliphatic carbocycles. The van der Waals surface area contributed by atoms with E-state index in [1.807, 2.05) is 0 Å². The first-order chi connectivity index (χ1) is 9.98. The molecule has 4 unspecified atom stereocenters. The van der Waals surface area contributed by atoms with Gasteiger partial charge < -0.3 is 10.1 Å². The number of nitrogens with one attached hydrogen (secondary N) is 1. The van der Waals surface area contributed by atoms with Crippen LogP contribution in [0.3, 0.4) is 0 Å². The first-order valence-corrected chi connectivity index (χ1v) is 8.39. The highest BCUT2D eigenvalue weighted by atomic mass is 16.5. The van der Waals surface area contributed by atoms with E-state index in [-0.39, 0.29) is 0 Å². The average molecular weight is 287 g/mol. The van der Waals surface area contributed by atoms with Crippen LogP contribution < -0.4 is 5.32 Å². The smallest absolute Gasteiger partial charge is 0.0813 e. The number of rotatable bonds is 3. The third kappa shape index (κ3) is 3.17. The van der Waals surface area contributed by atoms with Crippen LogP contribution in [0, 0.1) is 11.3 Å². The van der Waals surface area contributed by atoms with Gasteiger partial charge in [-0.2, -0.15) is 0 Å². The lowest BCUT2D eigenvalue weighted by Gasteiger charge is -2.40. The quantitative estimate of drug-likeness (QED) is 0.903. The maximum Gasteiger partial charge on any atom is 0.0813 e. The van der Waals surface area contributed by atoms with Gasteiger partial charge in [-0.15, -0.1) is 0 Å². The molecular formula is C19H29NO. The van der Waals surface area contributed by atoms with Gasteiger partial charge in [0.1, 0.15) is 0 Å². The highest BCUT2D eigenvalue weighted by Gasteiger charge is 2.38. The molecule has 0 saturated heterocycles. The van der Waals surface area contributed by atoms with E-state index < -0.39 is 0 Å². The van der Waals surface area contributed by atoms with Crippen LogP contribution in [0.2, 0.25) is 0 Å². The van der Waals surface area contributed by atoms with E-state index in [1.165, 1.54) is 30.4 Å². The van der Waals surface area contributed by atoms with Crippen LogP contribution >= 0.6 is 0 Å². The second-order valence-electron chi connectivity index (χ2n) is 7.88. The molecule has 0 spiro atoms. The zero-order valence-corrected chi connectivity index (χ0v) is 13.9. The van der Waals surface area contributed by atoms with E-state index >= 15 is 0 Å². The number of hydrogen-bond donors (Lipinski definition) is 1. The Morgan fingerprint density at radius 1 is 1.19 bits per heavy atom. The van der Waals surface area contributed by atoms with Gasteiger partial charge in [0.2, 0.25) is 0 Å². The second kappa shape index (κ2) is 5.73. The van der Waals surface area contributed by atoms with Gasteiger partial charge in [0.25, 0.3) is 0 Å². The average Bonchev–Trinajstić information content (AvgIpc) is 2.73. The summed E-state index contributed by atoms with van der Waals surface area (Å²) in [6.45, 7) is 7.15. The van der Waals surface area contributed by atoms with Crippen LogP contribution in [0.1, 0.15) is 57.2 Å². The lowest BCUT2D eigenvalue weighted by atomic mass is 9.71. The standard InChI is InChI=1S/C19H29NO/c1-13-9-15(12-19(2,3)11-13)21-17-10-14-7-5-6-8-16(14)18(17)20-4/h5-8,13,15,17-18,20H,9-12H2,1-4H3. The fourth-order valence-electron chi connectivity index (χ4n) is 4.64. The predicted octanol–water partition coefficient (Wildman–Crippen LogP) is 4.10. The molecule has 1 fully saturated rings. The van der Waals surface area contributed by atoms with Crippen molar-refractivity contribution < 1.29 is 4.74 Å². The highest BCUT2D eigenvalue weighted by molar-refractivity contribution is 5.36. The number of hydrogen-bond acceptors (Lipinski definition) is 2. The van der Waals surface area contributed by atoms with E-state index in [1.54, 1.807) is 0 Å². The molecule has 1 aromatic carbocycles. The van der Waals surface area contributed by atoms with Crippen LogP contribution in [0.15, 0.2) is 24.3 Å². The summed E-state index contributed by atoms with van der Waals surface area (Å²) in [6.07, 6.45) is 5.49. The summed E-state index contributed by atoms with van der Waals surface area (Å²) in [5.41, 5.74) is 3.29. The van der Waals surface area contributed by atoms with Gasteiger partial charge >= 0.3 is 0 Å². The SMILES string of the molecule is CNC1c2ccccc2CC1OC1CC(C)CC(C)(C)C1. The van der Waals surface area contributed by atoms with E-state index in [9.17, 15) is 0 Å². The van der Waals surface area contributed by atoms with Gasteiger partial charge in [-0.25, -0.2) is 0 Å². The van der Waals surface area contributed by atoms with Crippen molar-refractivity contribution >= 4 is 0 Å². The summed E-state index contributed by atoms with van der Waals surface area (Å²) in [7, 11) is 2.05. The maximum atomic E-state index is 6.58. The van der Waals surface area contributed by atoms with Crippen molar-refractivity contribution in [2.45, 2.75) is 64.7 Å². The molecule has 1 aromatic rings. The molecule has 1 saturated carbocycles. The van der Waals surface area contributed by atoms with Crippen molar-refractivity contribution in [3.8, 4) is 0 Å². The van der Waals surface area contributed by atoms with Crippen LogP contribution in [0.5, 0.6) is 0 Å². The molecule has 21 heavy (non-hydrogen) atoms. The molecule has 0 bridgehead atoms. The summed E-state index contributed by atoms with van der Waals surface area (Å²) >= 11 is 0. The largest absolute Gasteiger partial charge is 0.373 e. The molecule has 0 aliphatic heterocycles. The number of benzene rings is 1. The lowest BCUT2D eigenvalue weighted by Crippen LogP contribution is -2.38. The Morgan fingerprint density at radius 2 is 1.95 bits per heavy atom. The van der Waals surface area contributed by atoms with E-state index in [0.29, 0.717) is 23.7 Å². The van der Waals surface area contributed by atoms with E-state index in [4.69, 9.17) is 4.74 Å². The van der Waals surface area contributed by atoms with Crippen LogP contribution in [-0.2, 0) is 11.2 Å². The van der Waals surface area contributed by atoms with Gasteiger partial charge in [0.15, 0.2) is 0 Å². The third-order valence-electron chi connectivity index (χ3n) is 5.21. The molecule has 0 amide bonds. The summed E-state index contributed by atoms with van der Waals surface area (Å²) < 4.78 is 6.58. The van der Waals surface area contributed by atoms with Crippen molar-refractivity contribution in [1.29, 1.82) is 0 Å². The van der Waals surface area contributed by atoms with Crippen molar-refractivity contribution in [1.82, 2.24) is 5.32 Å². The Hall–Kier alpha value is -0.860. The molecular weight excluding hydrogens is 258 g/mol. The minimum absolute atomic E-state index is 0.290. The van der Waals surface area contributed by atoms with E-state index in [0.717, 1.165) is 12.3 Å². The summed E-state index contributed by atoms with van der Waals surface area (Å²) in [6, 6.07) is 9.11. The van der Waals surface area contributed by atoms with Crippen molar-refractivity contribution in [3.63, 3.8) is 0 Å². The Labute approximate surface area is 129 Å². The summed E-state index contributed by atoms with van der Waals surface area (Å²) in [4.78, 5) is 0. The Balaban J connectivity index is 1.71. The normalized spacial score (nSPS) is 34.7. The van der Waals surface area contributed by atoms with Crippen LogP contribution in [0.4, 0.5) is 0 Å². The molecule has 0 aromatic heterocycles. The van der Waals surface area contributed by atoms with Crippen molar-refractivity contribution in [2.75, 3.05) is 7.05 Å². The molecule has 2 nitrogen and oxygen atoms in total. The van der Waals surface area contributed by atoms with Gasteiger partial charge in [0, 0.05) is 6.42 Å². The summed E-state index contributed by atoms with van der Waals surface area (Å²) in [5.74, 6) is 0.774. The summed E-state index contributed by atoms with van der Waals surface area (Å²) in [5, 5.41) is 3.47. The molecule has 4 atom stereocenters. The minimum Gasteiger partial charge on any atom is -0.373 e. The monoisotopic (exact) mass is 287 g/mol. The van der Waals surface area contributed by atoms with Crippen LogP contribution in [-0.4, -0.2) is 19.3 Å². The fourth-order valence-corrected chi connectivity index (χ4v) is 4.64. The van der Waals surface area contributed by atoms with Gasteiger partial charge in [-0.3, -0.25) is 0 Å². The van der Waals surface area contributed by atoms with Gasteiger partial charge in [0.05, 0.1) is 18.2 Å².